The highest BCUT2D eigenvalue weighted by Crippen LogP contribution is 2.33. The van der Waals surface area contributed by atoms with Crippen LogP contribution in [0, 0.1) is 21.0 Å². The van der Waals surface area contributed by atoms with E-state index in [2.05, 4.69) is 37.5 Å². The van der Waals surface area contributed by atoms with Gasteiger partial charge in [-0.15, -0.1) is 0 Å². The summed E-state index contributed by atoms with van der Waals surface area (Å²) in [4.78, 5) is 25.0. The summed E-state index contributed by atoms with van der Waals surface area (Å²) in [7, 11) is 0. The van der Waals surface area contributed by atoms with Gasteiger partial charge in [-0.3, -0.25) is 4.57 Å². The molecule has 2 aromatic heterocycles. The highest BCUT2D eigenvalue weighted by Gasteiger charge is 2.32. The van der Waals surface area contributed by atoms with Crippen molar-refractivity contribution < 1.29 is 22.7 Å². The highest BCUT2D eigenvalue weighted by atomic mass is 127. The van der Waals surface area contributed by atoms with Crippen molar-refractivity contribution in [2.24, 2.45) is 0 Å². The number of carbonyl (C=O) groups excluding carboxylic acids is 1. The van der Waals surface area contributed by atoms with Crippen molar-refractivity contribution in [3.63, 3.8) is 0 Å². The fraction of sp³-hybridized carbons (Fsp3) is 0.409. The molecule has 1 fully saturated rings. The molecular weight excluding hydrogens is 550 g/mol. The molecule has 1 aromatic carbocycles. The van der Waals surface area contributed by atoms with Crippen LogP contribution in [0.4, 0.5) is 23.8 Å². The lowest BCUT2D eigenvalue weighted by atomic mass is 10.1. The number of piperazine rings is 1. The van der Waals surface area contributed by atoms with Crippen molar-refractivity contribution in [3.05, 3.63) is 45.7 Å². The predicted molar refractivity (Wildman–Crippen MR) is 126 cm³/mol. The van der Waals surface area contributed by atoms with Gasteiger partial charge in [0.15, 0.2) is 23.1 Å². The van der Waals surface area contributed by atoms with Crippen LogP contribution in [0.25, 0.3) is 16.7 Å². The van der Waals surface area contributed by atoms with Crippen LogP contribution in [0.5, 0.6) is 0 Å². The van der Waals surface area contributed by atoms with Gasteiger partial charge < -0.3 is 14.5 Å². The molecule has 3 heterocycles. The van der Waals surface area contributed by atoms with Crippen molar-refractivity contribution in [2.75, 3.05) is 24.5 Å². The Hall–Kier alpha value is -2.57. The Labute approximate surface area is 202 Å². The van der Waals surface area contributed by atoms with Gasteiger partial charge in [0.2, 0.25) is 0 Å². The van der Waals surface area contributed by atoms with Gasteiger partial charge >= 0.3 is 6.09 Å². The molecule has 0 N–H and O–H groups in total. The van der Waals surface area contributed by atoms with Gasteiger partial charge in [-0.1, -0.05) is 0 Å². The van der Waals surface area contributed by atoms with Gasteiger partial charge in [0.25, 0.3) is 0 Å². The van der Waals surface area contributed by atoms with Gasteiger partial charge in [0.1, 0.15) is 17.7 Å². The summed E-state index contributed by atoms with van der Waals surface area (Å²) in [6, 6.07) is 1.79. The lowest BCUT2D eigenvalue weighted by molar-refractivity contribution is 0.0218. The maximum Gasteiger partial charge on any atom is 0.410 e. The van der Waals surface area contributed by atoms with E-state index in [0.717, 1.165) is 15.7 Å². The number of benzene rings is 1. The summed E-state index contributed by atoms with van der Waals surface area (Å²) in [6.45, 7) is 8.89. The first-order valence-corrected chi connectivity index (χ1v) is 11.4. The molecule has 0 radical (unpaired) electrons. The molecule has 7 nitrogen and oxygen atoms in total. The fourth-order valence-corrected chi connectivity index (χ4v) is 4.62. The number of amides is 1. The number of hydrogen-bond donors (Lipinski definition) is 0. The smallest absolute Gasteiger partial charge is 0.410 e. The number of aromatic nitrogens is 3. The van der Waals surface area contributed by atoms with E-state index in [1.807, 2.05) is 27.7 Å². The predicted octanol–water partition coefficient (Wildman–Crippen LogP) is 4.89. The molecule has 0 spiro atoms. The Bertz CT molecular complexity index is 1200. The highest BCUT2D eigenvalue weighted by molar-refractivity contribution is 14.1. The van der Waals surface area contributed by atoms with Crippen molar-refractivity contribution >= 4 is 45.5 Å². The molecule has 0 bridgehead atoms. The lowest BCUT2D eigenvalue weighted by Gasteiger charge is -2.41. The SMILES string of the molecule is CC1CN(C(=O)OC(C)(C)C)CCN1c1ncnc2c1c(I)cn2-c1cc(F)c(F)c(F)c1. The Morgan fingerprint density at radius 1 is 1.15 bits per heavy atom. The van der Waals surface area contributed by atoms with Crippen LogP contribution in [0.2, 0.25) is 0 Å². The molecule has 4 rings (SSSR count). The first kappa shape index (κ1) is 23.6. The molecule has 1 amide bonds. The molecule has 3 aromatic rings. The normalized spacial score (nSPS) is 17.0. The van der Waals surface area contributed by atoms with E-state index in [9.17, 15) is 18.0 Å². The zero-order valence-electron chi connectivity index (χ0n) is 18.6. The summed E-state index contributed by atoms with van der Waals surface area (Å²) in [5.74, 6) is -3.41. The number of halogens is 4. The fourth-order valence-electron chi connectivity index (χ4n) is 3.86. The van der Waals surface area contributed by atoms with E-state index >= 15 is 0 Å². The van der Waals surface area contributed by atoms with Gasteiger partial charge in [-0.25, -0.2) is 27.9 Å². The van der Waals surface area contributed by atoms with Crippen molar-refractivity contribution in [2.45, 2.75) is 39.3 Å². The Morgan fingerprint density at radius 3 is 2.42 bits per heavy atom. The number of hydrogen-bond acceptors (Lipinski definition) is 5. The number of anilines is 1. The molecule has 1 unspecified atom stereocenters. The number of nitrogens with zero attached hydrogens (tertiary/aromatic N) is 5. The van der Waals surface area contributed by atoms with E-state index in [4.69, 9.17) is 4.74 Å². The van der Waals surface area contributed by atoms with Crippen LogP contribution in [-0.4, -0.2) is 56.8 Å². The second-order valence-electron chi connectivity index (χ2n) is 8.94. The molecule has 0 saturated carbocycles. The standard InChI is InChI=1S/C22H23F3IN5O2/c1-12-9-29(21(32)33-22(2,3)4)5-6-30(12)19-17-16(26)10-31(20(17)28-11-27-19)13-7-14(23)18(25)15(24)8-13/h7-8,10-12H,5-6,9H2,1-4H3. The van der Waals surface area contributed by atoms with Gasteiger partial charge in [0.05, 0.1) is 11.1 Å². The van der Waals surface area contributed by atoms with Crippen LogP contribution in [-0.2, 0) is 4.74 Å². The molecule has 11 heteroatoms. The lowest BCUT2D eigenvalue weighted by Crippen LogP contribution is -2.54. The molecule has 0 aliphatic carbocycles. The zero-order valence-corrected chi connectivity index (χ0v) is 20.7. The Balaban J connectivity index is 1.67. The van der Waals surface area contributed by atoms with Gasteiger partial charge in [-0.05, 0) is 50.3 Å². The molecule has 176 valence electrons. The van der Waals surface area contributed by atoms with Gasteiger partial charge in [-0.2, -0.15) is 0 Å². The Morgan fingerprint density at radius 2 is 1.82 bits per heavy atom. The second kappa shape index (κ2) is 8.65. The third-order valence-electron chi connectivity index (χ3n) is 5.31. The topological polar surface area (TPSA) is 63.5 Å². The molecule has 1 aliphatic rings. The summed E-state index contributed by atoms with van der Waals surface area (Å²) in [6.07, 6.45) is 2.70. The minimum absolute atomic E-state index is 0.0655. The number of rotatable bonds is 2. The van der Waals surface area contributed by atoms with E-state index in [-0.39, 0.29) is 17.8 Å². The van der Waals surface area contributed by atoms with Crippen LogP contribution < -0.4 is 4.90 Å². The number of carbonyl (C=O) groups is 1. The zero-order chi connectivity index (χ0) is 24.1. The second-order valence-corrected chi connectivity index (χ2v) is 10.1. The minimum atomic E-state index is -1.52. The van der Waals surface area contributed by atoms with Crippen molar-refractivity contribution in [1.29, 1.82) is 0 Å². The first-order valence-electron chi connectivity index (χ1n) is 10.4. The van der Waals surface area contributed by atoms with E-state index in [1.54, 1.807) is 11.1 Å². The van der Waals surface area contributed by atoms with Crippen molar-refractivity contribution in [3.8, 4) is 5.69 Å². The van der Waals surface area contributed by atoms with Crippen LogP contribution in [0.3, 0.4) is 0 Å². The monoisotopic (exact) mass is 573 g/mol. The first-order chi connectivity index (χ1) is 15.5. The third kappa shape index (κ3) is 4.59. The summed E-state index contributed by atoms with van der Waals surface area (Å²) in [5.41, 5.74) is -0.0162. The van der Waals surface area contributed by atoms with Crippen LogP contribution >= 0.6 is 22.6 Å². The average Bonchev–Trinajstić information content (AvgIpc) is 3.07. The number of ether oxygens (including phenoxy) is 1. The maximum absolute atomic E-state index is 13.8. The largest absolute Gasteiger partial charge is 0.444 e. The van der Waals surface area contributed by atoms with E-state index in [1.165, 1.54) is 10.9 Å². The molecule has 1 atom stereocenters. The van der Waals surface area contributed by atoms with E-state index in [0.29, 0.717) is 36.5 Å². The summed E-state index contributed by atoms with van der Waals surface area (Å²) >= 11 is 2.11. The molecule has 1 saturated heterocycles. The van der Waals surface area contributed by atoms with Crippen LogP contribution in [0.1, 0.15) is 27.7 Å². The minimum Gasteiger partial charge on any atom is -0.444 e. The molecule has 33 heavy (non-hydrogen) atoms. The molecular formula is C22H23F3IN5O2. The Kier molecular flexibility index (Phi) is 6.18. The maximum atomic E-state index is 13.8. The quantitative estimate of drug-likeness (QED) is 0.323. The van der Waals surface area contributed by atoms with E-state index < -0.39 is 23.1 Å². The molecule has 1 aliphatic heterocycles. The van der Waals surface area contributed by atoms with Crippen molar-refractivity contribution in [1.82, 2.24) is 19.4 Å². The average molecular weight is 573 g/mol. The summed E-state index contributed by atoms with van der Waals surface area (Å²) in [5, 5.41) is 0.709. The third-order valence-corrected chi connectivity index (χ3v) is 6.13. The number of fused-ring (bicyclic) bond motifs is 1. The van der Waals surface area contributed by atoms with Crippen LogP contribution in [0.15, 0.2) is 24.7 Å². The summed E-state index contributed by atoms with van der Waals surface area (Å²) < 4.78 is 48.9. The van der Waals surface area contributed by atoms with Gasteiger partial charge in [0, 0.05) is 47.6 Å².